The van der Waals surface area contributed by atoms with Gasteiger partial charge < -0.3 is 18.9 Å². The van der Waals surface area contributed by atoms with Crippen molar-refractivity contribution in [3.05, 3.63) is 48.6 Å². The lowest BCUT2D eigenvalue weighted by Crippen LogP contribution is -2.39. The number of allylic oxidation sites excluding steroid dienone is 8. The molecule has 51 heavy (non-hydrogen) atoms. The highest BCUT2D eigenvalue weighted by molar-refractivity contribution is 5.86. The lowest BCUT2D eigenvalue weighted by atomic mass is 9.98. The summed E-state index contributed by atoms with van der Waals surface area (Å²) in [6.45, 7) is 8.45. The molecule has 0 aromatic rings. The van der Waals surface area contributed by atoms with E-state index < -0.39 is 29.9 Å². The fourth-order valence-corrected chi connectivity index (χ4v) is 6.53. The minimum atomic E-state index is -1.08. The smallest absolute Gasteiger partial charge is 0.338 e. The summed E-state index contributed by atoms with van der Waals surface area (Å²) in [5.74, 6) is -2.06. The van der Waals surface area contributed by atoms with Gasteiger partial charge in [0.15, 0.2) is 18.0 Å². The predicted octanol–water partition coefficient (Wildman–Crippen LogP) is 13.0. The van der Waals surface area contributed by atoms with Crippen molar-refractivity contribution in [2.24, 2.45) is 0 Å². The van der Waals surface area contributed by atoms with E-state index in [9.17, 15) is 9.59 Å². The number of rotatable bonds is 34. The van der Waals surface area contributed by atoms with Gasteiger partial charge in [-0.05, 0) is 90.9 Å². The van der Waals surface area contributed by atoms with Gasteiger partial charge in [0, 0.05) is 12.8 Å². The van der Waals surface area contributed by atoms with Crippen molar-refractivity contribution in [3.8, 4) is 0 Å². The van der Waals surface area contributed by atoms with Crippen LogP contribution in [0, 0.1) is 0 Å². The molecule has 2 atom stereocenters. The number of ether oxygens (including phenoxy) is 4. The quantitative estimate of drug-likeness (QED) is 0.0375. The minimum Gasteiger partial charge on any atom is -0.464 e. The molecule has 0 radical (unpaired) electrons. The number of carbonyl (C=O) groups excluding carboxylic acids is 2. The van der Waals surface area contributed by atoms with E-state index in [4.69, 9.17) is 18.9 Å². The van der Waals surface area contributed by atoms with E-state index >= 15 is 0 Å². The summed E-state index contributed by atoms with van der Waals surface area (Å²) in [6, 6.07) is 0. The Balaban J connectivity index is 2.46. The summed E-state index contributed by atoms with van der Waals surface area (Å²) < 4.78 is 23.3. The van der Waals surface area contributed by atoms with Crippen molar-refractivity contribution in [1.29, 1.82) is 0 Å². The van der Waals surface area contributed by atoms with E-state index in [-0.39, 0.29) is 13.2 Å². The molecule has 0 aromatic heterocycles. The van der Waals surface area contributed by atoms with Crippen LogP contribution >= 0.6 is 0 Å². The molecule has 1 aliphatic heterocycles. The highest BCUT2D eigenvalue weighted by Crippen LogP contribution is 2.39. The SMILES string of the molecule is CCCCC/C=C\C/C=C\CCCCCCCCC1(CCCCCCCC/C=C\C/C=C\CCCCC)OC(C(=O)OCC)C(C(=O)OCC)O1. The molecule has 1 heterocycles. The number of hydrogen-bond donors (Lipinski definition) is 0. The molecular weight excluding hydrogens is 636 g/mol. The van der Waals surface area contributed by atoms with E-state index in [0.717, 1.165) is 64.2 Å². The Kier molecular flexibility index (Phi) is 30.9. The van der Waals surface area contributed by atoms with Crippen molar-refractivity contribution in [3.63, 3.8) is 0 Å². The van der Waals surface area contributed by atoms with Crippen molar-refractivity contribution in [1.82, 2.24) is 0 Å². The van der Waals surface area contributed by atoms with Gasteiger partial charge in [0.1, 0.15) is 0 Å². The fourth-order valence-electron chi connectivity index (χ4n) is 6.53. The first-order valence-electron chi connectivity index (χ1n) is 21.3. The van der Waals surface area contributed by atoms with Gasteiger partial charge in [-0.2, -0.15) is 0 Å². The molecule has 1 fully saturated rings. The molecule has 6 heteroatoms. The number of unbranched alkanes of at least 4 members (excludes halogenated alkanes) is 18. The van der Waals surface area contributed by atoms with Gasteiger partial charge in [-0.1, -0.05) is 140 Å². The van der Waals surface area contributed by atoms with Crippen molar-refractivity contribution in [2.45, 2.75) is 213 Å². The van der Waals surface area contributed by atoms with Crippen LogP contribution in [0.1, 0.15) is 195 Å². The van der Waals surface area contributed by atoms with Crippen molar-refractivity contribution in [2.75, 3.05) is 13.2 Å². The highest BCUT2D eigenvalue weighted by atomic mass is 16.8. The van der Waals surface area contributed by atoms with E-state index in [0.29, 0.717) is 12.8 Å². The van der Waals surface area contributed by atoms with E-state index in [1.165, 1.54) is 89.9 Å². The molecule has 1 rings (SSSR count). The van der Waals surface area contributed by atoms with Crippen molar-refractivity contribution >= 4 is 11.9 Å². The Hall–Kier alpha value is -2.18. The minimum absolute atomic E-state index is 0.221. The Morgan fingerprint density at radius 1 is 0.451 bits per heavy atom. The van der Waals surface area contributed by atoms with Crippen LogP contribution in [0.15, 0.2) is 48.6 Å². The molecule has 1 aliphatic rings. The van der Waals surface area contributed by atoms with Gasteiger partial charge in [0.05, 0.1) is 13.2 Å². The third-order valence-electron chi connectivity index (χ3n) is 9.51. The van der Waals surface area contributed by atoms with Crippen LogP contribution in [0.5, 0.6) is 0 Å². The first kappa shape index (κ1) is 46.8. The lowest BCUT2D eigenvalue weighted by molar-refractivity contribution is -0.197. The third kappa shape index (κ3) is 24.6. The zero-order chi connectivity index (χ0) is 37.1. The maximum atomic E-state index is 12.8. The molecule has 0 aromatic carbocycles. The van der Waals surface area contributed by atoms with E-state index in [2.05, 4.69) is 62.5 Å². The predicted molar refractivity (Wildman–Crippen MR) is 214 cm³/mol. The van der Waals surface area contributed by atoms with Gasteiger partial charge >= 0.3 is 11.9 Å². The zero-order valence-electron chi connectivity index (χ0n) is 33.5. The van der Waals surface area contributed by atoms with Gasteiger partial charge in [-0.15, -0.1) is 0 Å². The highest BCUT2D eigenvalue weighted by Gasteiger charge is 2.54. The standard InChI is InChI=1S/C45H78O6/c1-5-9-11-13-15-17-19-21-23-25-27-29-31-33-35-37-39-45(50-41(43(46)48-7-3)42(51-45)44(47)49-8-4)40-38-36-34-32-30-28-26-24-22-20-18-16-14-12-10-6-2/h15-18,21-24,41-42H,5-14,19-20,25-40H2,1-4H3/b17-15-,18-16-,23-21-,24-22-. The van der Waals surface area contributed by atoms with Gasteiger partial charge in [-0.25, -0.2) is 9.59 Å². The van der Waals surface area contributed by atoms with Gasteiger partial charge in [-0.3, -0.25) is 0 Å². The second-order valence-corrected chi connectivity index (χ2v) is 14.2. The van der Waals surface area contributed by atoms with Gasteiger partial charge in [0.2, 0.25) is 0 Å². The second-order valence-electron chi connectivity index (χ2n) is 14.2. The third-order valence-corrected chi connectivity index (χ3v) is 9.51. The Morgan fingerprint density at radius 2 is 0.765 bits per heavy atom. The number of hydrogen-bond acceptors (Lipinski definition) is 6. The number of esters is 2. The summed E-state index contributed by atoms with van der Waals surface area (Å²) >= 11 is 0. The van der Waals surface area contributed by atoms with Crippen LogP contribution in [0.3, 0.4) is 0 Å². The maximum absolute atomic E-state index is 12.8. The topological polar surface area (TPSA) is 71.1 Å². The molecule has 1 saturated heterocycles. The van der Waals surface area contributed by atoms with Crippen LogP contribution < -0.4 is 0 Å². The molecule has 2 unspecified atom stereocenters. The molecule has 6 nitrogen and oxygen atoms in total. The molecule has 0 spiro atoms. The lowest BCUT2D eigenvalue weighted by Gasteiger charge is -2.28. The maximum Gasteiger partial charge on any atom is 0.338 e. The average molecular weight is 715 g/mol. The normalized spacial score (nSPS) is 17.5. The Labute approximate surface area is 314 Å². The zero-order valence-corrected chi connectivity index (χ0v) is 33.5. The van der Waals surface area contributed by atoms with Crippen molar-refractivity contribution < 1.29 is 28.5 Å². The van der Waals surface area contributed by atoms with E-state index in [1.54, 1.807) is 13.8 Å². The molecule has 294 valence electrons. The summed E-state index contributed by atoms with van der Waals surface area (Å²) in [6.07, 6.45) is 45.9. The van der Waals surface area contributed by atoms with Crippen LogP contribution in [0.25, 0.3) is 0 Å². The largest absolute Gasteiger partial charge is 0.464 e. The second kappa shape index (κ2) is 33.6. The molecule has 0 aliphatic carbocycles. The van der Waals surface area contributed by atoms with Gasteiger partial charge in [0.25, 0.3) is 0 Å². The summed E-state index contributed by atoms with van der Waals surface area (Å²) in [7, 11) is 0. The van der Waals surface area contributed by atoms with Crippen LogP contribution in [-0.4, -0.2) is 43.1 Å². The monoisotopic (exact) mass is 715 g/mol. The summed E-state index contributed by atoms with van der Waals surface area (Å²) in [5, 5.41) is 0. The molecule has 0 saturated carbocycles. The molecule has 0 amide bonds. The Bertz CT molecular complexity index is 874. The Morgan fingerprint density at radius 3 is 1.10 bits per heavy atom. The first-order valence-corrected chi connectivity index (χ1v) is 21.3. The van der Waals surface area contributed by atoms with Crippen LogP contribution in [-0.2, 0) is 28.5 Å². The number of carbonyl (C=O) groups is 2. The summed E-state index contributed by atoms with van der Waals surface area (Å²) in [5.41, 5.74) is 0. The molecular formula is C45H78O6. The fraction of sp³-hybridized carbons (Fsp3) is 0.778. The van der Waals surface area contributed by atoms with E-state index in [1.807, 2.05) is 0 Å². The summed E-state index contributed by atoms with van der Waals surface area (Å²) in [4.78, 5) is 25.7. The average Bonchev–Trinajstić information content (AvgIpc) is 3.51. The molecule has 0 N–H and O–H groups in total. The first-order chi connectivity index (χ1) is 25.0. The molecule has 0 bridgehead atoms. The van der Waals surface area contributed by atoms with Crippen LogP contribution in [0.2, 0.25) is 0 Å². The van der Waals surface area contributed by atoms with Crippen LogP contribution in [0.4, 0.5) is 0 Å².